The molecule has 6 rings (SSSR count). The van der Waals surface area contributed by atoms with Crippen molar-refractivity contribution in [2.75, 3.05) is 13.1 Å². The van der Waals surface area contributed by atoms with Crippen LogP contribution in [0, 0.1) is 6.92 Å². The number of aryl methyl sites for hydroxylation is 1. The number of nitrogens with zero attached hydrogens (tertiary/aromatic N) is 6. The third-order valence-corrected chi connectivity index (χ3v) is 9.63. The summed E-state index contributed by atoms with van der Waals surface area (Å²) in [5.41, 5.74) is 1.60. The number of hydrogen-bond acceptors (Lipinski definition) is 7. The summed E-state index contributed by atoms with van der Waals surface area (Å²) in [5.74, 6) is 0.325. The van der Waals surface area contributed by atoms with Crippen LogP contribution in [-0.4, -0.2) is 50.4 Å². The summed E-state index contributed by atoms with van der Waals surface area (Å²) in [6.07, 6.45) is 0.296. The summed E-state index contributed by atoms with van der Waals surface area (Å²) in [6, 6.07) is 7.51. The van der Waals surface area contributed by atoms with E-state index in [0.29, 0.717) is 50.1 Å². The Balaban J connectivity index is 1.38. The van der Waals surface area contributed by atoms with Crippen LogP contribution < -0.4 is 0 Å². The lowest BCUT2D eigenvalue weighted by Crippen LogP contribution is -2.39. The van der Waals surface area contributed by atoms with Gasteiger partial charge in [0.2, 0.25) is 10.0 Å². The molecule has 13 heteroatoms. The summed E-state index contributed by atoms with van der Waals surface area (Å²) in [6.45, 7) is 2.43. The van der Waals surface area contributed by atoms with Gasteiger partial charge in [0.15, 0.2) is 11.5 Å². The van der Waals surface area contributed by atoms with Crippen molar-refractivity contribution in [3.8, 4) is 0 Å². The summed E-state index contributed by atoms with van der Waals surface area (Å²) in [4.78, 5) is 14.1. The van der Waals surface area contributed by atoms with Gasteiger partial charge in [-0.2, -0.15) is 4.31 Å². The molecule has 0 radical (unpaired) electrons. The largest absolute Gasteiger partial charge is 0.280 e. The lowest BCUT2D eigenvalue weighted by Gasteiger charge is -2.30. The highest BCUT2D eigenvalue weighted by Gasteiger charge is 2.33. The first-order chi connectivity index (χ1) is 17.2. The van der Waals surface area contributed by atoms with Crippen molar-refractivity contribution in [2.45, 2.75) is 37.0 Å². The van der Waals surface area contributed by atoms with Crippen molar-refractivity contribution >= 4 is 59.0 Å². The predicted molar refractivity (Wildman–Crippen MR) is 133 cm³/mol. The van der Waals surface area contributed by atoms with Gasteiger partial charge in [-0.3, -0.25) is 0 Å². The van der Waals surface area contributed by atoms with Gasteiger partial charge in [0.25, 0.3) is 6.43 Å². The van der Waals surface area contributed by atoms with Crippen LogP contribution in [0.4, 0.5) is 8.78 Å². The number of pyridine rings is 1. The quantitative estimate of drug-likeness (QED) is 0.300. The van der Waals surface area contributed by atoms with Crippen molar-refractivity contribution in [1.29, 1.82) is 0 Å². The molecule has 1 fully saturated rings. The number of alkyl halides is 2. The van der Waals surface area contributed by atoms with E-state index in [1.165, 1.54) is 33.8 Å². The van der Waals surface area contributed by atoms with E-state index in [-0.39, 0.29) is 23.1 Å². The smallest absolute Gasteiger partial charge is 0.236 e. The van der Waals surface area contributed by atoms with E-state index in [4.69, 9.17) is 16.6 Å². The second-order valence-electron chi connectivity index (χ2n) is 8.76. The molecule has 0 aliphatic carbocycles. The maximum atomic E-state index is 13.3. The first-order valence-electron chi connectivity index (χ1n) is 11.2. The van der Waals surface area contributed by atoms with Gasteiger partial charge in [-0.25, -0.2) is 36.7 Å². The van der Waals surface area contributed by atoms with E-state index in [1.54, 1.807) is 29.9 Å². The summed E-state index contributed by atoms with van der Waals surface area (Å²) >= 11 is 7.17. The van der Waals surface area contributed by atoms with Crippen LogP contribution in [0.25, 0.3) is 26.1 Å². The Bertz CT molecular complexity index is 1740. The molecular weight excluding hydrogens is 530 g/mol. The molecule has 1 atom stereocenters. The highest BCUT2D eigenvalue weighted by molar-refractivity contribution is 7.89. The van der Waals surface area contributed by atoms with Crippen LogP contribution in [0.15, 0.2) is 41.6 Å². The number of hydrogen-bond donors (Lipinski definition) is 0. The second-order valence-corrected chi connectivity index (χ2v) is 12.1. The average molecular weight is 549 g/mol. The molecule has 0 N–H and O–H groups in total. The van der Waals surface area contributed by atoms with E-state index in [0.717, 1.165) is 11.8 Å². The highest BCUT2D eigenvalue weighted by atomic mass is 35.5. The minimum absolute atomic E-state index is 0.192. The molecule has 0 spiro atoms. The lowest BCUT2D eigenvalue weighted by atomic mass is 9.99. The third kappa shape index (κ3) is 3.83. The Hall–Kier alpha value is -2.80. The maximum absolute atomic E-state index is 13.3. The van der Waals surface area contributed by atoms with Gasteiger partial charge < -0.3 is 0 Å². The van der Waals surface area contributed by atoms with Crippen LogP contribution in [0.1, 0.15) is 42.3 Å². The van der Waals surface area contributed by atoms with E-state index in [9.17, 15) is 17.2 Å². The molecule has 0 saturated carbocycles. The van der Waals surface area contributed by atoms with Crippen LogP contribution in [-0.2, 0) is 10.0 Å². The van der Waals surface area contributed by atoms with Crippen molar-refractivity contribution in [1.82, 2.24) is 28.9 Å². The minimum Gasteiger partial charge on any atom is -0.236 e. The predicted octanol–water partition coefficient (Wildman–Crippen LogP) is 5.35. The molecule has 1 aliphatic rings. The number of thiophene rings is 1. The normalized spacial score (nSPS) is 17.6. The molecule has 0 bridgehead atoms. The van der Waals surface area contributed by atoms with Gasteiger partial charge >= 0.3 is 0 Å². The molecule has 1 aromatic carbocycles. The second kappa shape index (κ2) is 8.65. The van der Waals surface area contributed by atoms with Crippen LogP contribution in [0.5, 0.6) is 0 Å². The minimum atomic E-state index is -3.69. The fourth-order valence-electron chi connectivity index (χ4n) is 4.66. The van der Waals surface area contributed by atoms with E-state index in [2.05, 4.69) is 15.1 Å². The van der Waals surface area contributed by atoms with Crippen molar-refractivity contribution in [2.24, 2.45) is 0 Å². The zero-order chi connectivity index (χ0) is 25.2. The number of sulfonamides is 1. The van der Waals surface area contributed by atoms with Crippen molar-refractivity contribution in [3.63, 3.8) is 0 Å². The first kappa shape index (κ1) is 23.6. The fourth-order valence-corrected chi connectivity index (χ4v) is 7.50. The molecule has 5 aromatic rings. The lowest BCUT2D eigenvalue weighted by molar-refractivity contribution is 0.146. The van der Waals surface area contributed by atoms with Crippen LogP contribution >= 0.6 is 22.9 Å². The standard InChI is InChI=1S/C23H19ClF2N6O2S2/c1-12-9-16(20(25)26)28-23-17(12)18-19(35-23)22-29-21(30-32(22)11-27-18)13-3-2-8-31(10-13)36(33,34)15-6-4-14(24)5-7-15/h4-7,9,11,13,20H,2-3,8,10H2,1H3/t13-/m0/s1. The molecule has 4 aromatic heterocycles. The number of benzene rings is 1. The summed E-state index contributed by atoms with van der Waals surface area (Å²) in [5, 5.41) is 5.79. The third-order valence-electron chi connectivity index (χ3n) is 6.43. The maximum Gasteiger partial charge on any atom is 0.280 e. The molecule has 186 valence electrons. The molecule has 1 aliphatic heterocycles. The number of halogens is 3. The molecular formula is C23H19ClF2N6O2S2. The Morgan fingerprint density at radius 2 is 1.97 bits per heavy atom. The molecule has 0 amide bonds. The Morgan fingerprint density at radius 1 is 1.19 bits per heavy atom. The van der Waals surface area contributed by atoms with Gasteiger partial charge in [0.1, 0.15) is 21.6 Å². The van der Waals surface area contributed by atoms with Gasteiger partial charge in [-0.1, -0.05) is 11.6 Å². The first-order valence-corrected chi connectivity index (χ1v) is 13.8. The topological polar surface area (TPSA) is 93.4 Å². The molecule has 1 saturated heterocycles. The van der Waals surface area contributed by atoms with Gasteiger partial charge in [0.05, 0.1) is 10.4 Å². The monoisotopic (exact) mass is 548 g/mol. The van der Waals surface area contributed by atoms with Gasteiger partial charge in [-0.05, 0) is 55.7 Å². The summed E-state index contributed by atoms with van der Waals surface area (Å²) in [7, 11) is -3.69. The van der Waals surface area contributed by atoms with E-state index in [1.807, 2.05) is 0 Å². The fraction of sp³-hybridized carbons (Fsp3) is 0.304. The Morgan fingerprint density at radius 3 is 2.72 bits per heavy atom. The number of aromatic nitrogens is 5. The van der Waals surface area contributed by atoms with Gasteiger partial charge in [0, 0.05) is 29.4 Å². The van der Waals surface area contributed by atoms with E-state index >= 15 is 0 Å². The van der Waals surface area contributed by atoms with Crippen molar-refractivity contribution in [3.05, 3.63) is 58.8 Å². The van der Waals surface area contributed by atoms with E-state index < -0.39 is 16.4 Å². The number of fused-ring (bicyclic) bond motifs is 5. The number of piperidine rings is 1. The molecule has 36 heavy (non-hydrogen) atoms. The Kier molecular flexibility index (Phi) is 5.67. The molecule has 5 heterocycles. The molecule has 8 nitrogen and oxygen atoms in total. The highest BCUT2D eigenvalue weighted by Crippen LogP contribution is 2.37. The molecule has 0 unspecified atom stereocenters. The Labute approximate surface area is 213 Å². The SMILES string of the molecule is Cc1cc(C(F)F)nc2sc3c(ncn4nc([C@H]5CCCN(S(=O)(=O)c6ccc(Cl)cc6)C5)nc34)c12. The zero-order valence-electron chi connectivity index (χ0n) is 18.9. The zero-order valence-corrected chi connectivity index (χ0v) is 21.3. The van der Waals surface area contributed by atoms with Crippen LogP contribution in [0.3, 0.4) is 0 Å². The van der Waals surface area contributed by atoms with Crippen molar-refractivity contribution < 1.29 is 17.2 Å². The van der Waals surface area contributed by atoms with Crippen LogP contribution in [0.2, 0.25) is 5.02 Å². The average Bonchev–Trinajstić information content (AvgIpc) is 3.46. The van der Waals surface area contributed by atoms with Gasteiger partial charge in [-0.15, -0.1) is 16.4 Å². The summed E-state index contributed by atoms with van der Waals surface area (Å²) < 4.78 is 56.7. The number of rotatable bonds is 4.